The molecule has 26 heavy (non-hydrogen) atoms. The van der Waals surface area contributed by atoms with Gasteiger partial charge in [0.05, 0.1) is 0 Å². The molecule has 1 aliphatic rings. The number of hydrogen-bond acceptors (Lipinski definition) is 2. The van der Waals surface area contributed by atoms with Crippen LogP contribution in [0.4, 0.5) is 0 Å². The molecule has 3 heterocycles. The summed E-state index contributed by atoms with van der Waals surface area (Å²) >= 11 is 0. The van der Waals surface area contributed by atoms with Gasteiger partial charge < -0.3 is 9.47 Å². The Bertz CT molecular complexity index is 572. The van der Waals surface area contributed by atoms with E-state index >= 15 is 0 Å². The number of hydrogen-bond donors (Lipinski definition) is 0. The van der Waals surface area contributed by atoms with Gasteiger partial charge in [-0.2, -0.15) is 0 Å². The lowest BCUT2D eigenvalue weighted by molar-refractivity contribution is 0.0714. The summed E-state index contributed by atoms with van der Waals surface area (Å²) in [5.74, 6) is 0.178. The van der Waals surface area contributed by atoms with E-state index in [4.69, 9.17) is 0 Å². The van der Waals surface area contributed by atoms with E-state index in [9.17, 15) is 4.79 Å². The summed E-state index contributed by atoms with van der Waals surface area (Å²) < 4.78 is 1.89. The van der Waals surface area contributed by atoms with Gasteiger partial charge in [-0.15, -0.1) is 0 Å². The van der Waals surface area contributed by atoms with Gasteiger partial charge in [-0.05, 0) is 49.9 Å². The van der Waals surface area contributed by atoms with Crippen molar-refractivity contribution in [1.82, 2.24) is 14.5 Å². The molecule has 0 saturated carbocycles. The number of pyridine rings is 1. The molecule has 2 aromatic heterocycles. The summed E-state index contributed by atoms with van der Waals surface area (Å²) in [4.78, 5) is 17.8. The number of amides is 1. The summed E-state index contributed by atoms with van der Waals surface area (Å²) in [6.45, 7) is 12.1. The minimum absolute atomic E-state index is 0.178. The van der Waals surface area contributed by atoms with Gasteiger partial charge in [0.1, 0.15) is 5.69 Å². The quantitative estimate of drug-likeness (QED) is 0.676. The van der Waals surface area contributed by atoms with Crippen LogP contribution >= 0.6 is 0 Å². The van der Waals surface area contributed by atoms with Gasteiger partial charge in [-0.25, -0.2) is 0 Å². The van der Waals surface area contributed by atoms with Crippen molar-refractivity contribution in [2.75, 3.05) is 13.1 Å². The van der Waals surface area contributed by atoms with Crippen molar-refractivity contribution in [1.29, 1.82) is 0 Å². The highest BCUT2D eigenvalue weighted by molar-refractivity contribution is 5.92. The molecule has 4 heteroatoms. The number of carbonyl (C=O) groups excluding carboxylic acids is 1. The first kappa shape index (κ1) is 23.9. The topological polar surface area (TPSA) is 38.1 Å². The lowest BCUT2D eigenvalue weighted by Crippen LogP contribution is -2.36. The van der Waals surface area contributed by atoms with Crippen molar-refractivity contribution in [3.63, 3.8) is 0 Å². The van der Waals surface area contributed by atoms with Crippen molar-refractivity contribution in [2.45, 2.75) is 60.3 Å². The van der Waals surface area contributed by atoms with Crippen LogP contribution in [0, 0.1) is 6.92 Å². The third-order valence-corrected chi connectivity index (χ3v) is 3.62. The van der Waals surface area contributed by atoms with E-state index in [1.165, 1.54) is 18.4 Å². The molecule has 1 fully saturated rings. The Kier molecular flexibility index (Phi) is 14.0. The maximum absolute atomic E-state index is 12.0. The fourth-order valence-corrected chi connectivity index (χ4v) is 2.39. The fourth-order valence-electron chi connectivity index (χ4n) is 2.39. The highest BCUT2D eigenvalue weighted by Gasteiger charge is 2.19. The molecule has 1 saturated heterocycles. The average Bonchev–Trinajstić information content (AvgIpc) is 3.11. The molecule has 1 aliphatic heterocycles. The minimum Gasteiger partial charge on any atom is -0.347 e. The summed E-state index contributed by atoms with van der Waals surface area (Å²) in [5.41, 5.74) is 2.01. The third kappa shape index (κ3) is 9.40. The van der Waals surface area contributed by atoms with E-state index in [1.54, 1.807) is 6.20 Å². The van der Waals surface area contributed by atoms with Crippen LogP contribution in [0.2, 0.25) is 0 Å². The van der Waals surface area contributed by atoms with Crippen LogP contribution in [0.15, 0.2) is 42.9 Å². The predicted molar refractivity (Wildman–Crippen MR) is 111 cm³/mol. The second-order valence-corrected chi connectivity index (χ2v) is 6.09. The Balaban J connectivity index is 0.000000437. The maximum Gasteiger partial charge on any atom is 0.270 e. The number of likely N-dealkylation sites (tertiary alicyclic amines) is 1. The van der Waals surface area contributed by atoms with Crippen LogP contribution in [0.1, 0.15) is 69.4 Å². The smallest absolute Gasteiger partial charge is 0.270 e. The molecular weight excluding hydrogens is 322 g/mol. The lowest BCUT2D eigenvalue weighted by Gasteiger charge is -2.26. The van der Waals surface area contributed by atoms with Crippen molar-refractivity contribution < 1.29 is 4.79 Å². The zero-order valence-corrected chi connectivity index (χ0v) is 17.5. The molecule has 146 valence electrons. The largest absolute Gasteiger partial charge is 0.347 e. The molecule has 0 aromatic carbocycles. The average molecular weight is 360 g/mol. The summed E-state index contributed by atoms with van der Waals surface area (Å²) in [7, 11) is 1.91. The Hall–Kier alpha value is -2.10. The summed E-state index contributed by atoms with van der Waals surface area (Å²) in [5, 5.41) is 0. The molecule has 0 bridgehead atoms. The normalized spacial score (nSPS) is 12.5. The van der Waals surface area contributed by atoms with E-state index < -0.39 is 0 Å². The van der Waals surface area contributed by atoms with E-state index in [-0.39, 0.29) is 5.91 Å². The molecule has 0 radical (unpaired) electrons. The van der Waals surface area contributed by atoms with Crippen molar-refractivity contribution in [2.24, 2.45) is 7.05 Å². The monoisotopic (exact) mass is 359 g/mol. The highest BCUT2D eigenvalue weighted by atomic mass is 16.2. The fraction of sp³-hybridized carbons (Fsp3) is 0.545. The van der Waals surface area contributed by atoms with Crippen molar-refractivity contribution in [3.8, 4) is 0 Å². The Labute approximate surface area is 160 Å². The maximum atomic E-state index is 12.0. The predicted octanol–water partition coefficient (Wildman–Crippen LogP) is 5.48. The standard InChI is InChI=1S/C11H16N2O.C6H7N.C3H8.C2H6/c1-12-7-5-6-10(12)11(14)13-8-3-2-4-9-13;1-6-3-2-4-7-5-6;1-3-2;1-2/h5-7H,2-4,8-9H2,1H3;2-5H,1H3;3H2,1-2H3;1-2H3. The summed E-state index contributed by atoms with van der Waals surface area (Å²) in [6.07, 6.45) is 10.3. The minimum atomic E-state index is 0.178. The van der Waals surface area contributed by atoms with Gasteiger partial charge in [0.15, 0.2) is 0 Å². The molecule has 0 N–H and O–H groups in total. The number of rotatable bonds is 1. The molecule has 3 rings (SSSR count). The SMILES string of the molecule is CC.CCC.Cc1cccnc1.Cn1cccc1C(=O)N1CCCCC1. The second-order valence-electron chi connectivity index (χ2n) is 6.09. The number of carbonyl (C=O) groups is 1. The Morgan fingerprint density at radius 1 is 1.08 bits per heavy atom. The van der Waals surface area contributed by atoms with Crippen LogP contribution in [0.3, 0.4) is 0 Å². The van der Waals surface area contributed by atoms with E-state index in [0.29, 0.717) is 0 Å². The van der Waals surface area contributed by atoms with Gasteiger partial charge >= 0.3 is 0 Å². The van der Waals surface area contributed by atoms with Gasteiger partial charge in [-0.1, -0.05) is 40.2 Å². The Morgan fingerprint density at radius 2 is 1.69 bits per heavy atom. The molecule has 1 amide bonds. The van der Waals surface area contributed by atoms with E-state index in [2.05, 4.69) is 18.8 Å². The number of nitrogens with zero attached hydrogens (tertiary/aromatic N) is 3. The van der Waals surface area contributed by atoms with Crippen LogP contribution in [-0.4, -0.2) is 33.4 Å². The number of piperidine rings is 1. The molecule has 0 unspecified atom stereocenters. The first-order valence-electron chi connectivity index (χ1n) is 9.87. The van der Waals surface area contributed by atoms with Crippen LogP contribution in [0.25, 0.3) is 0 Å². The number of aryl methyl sites for hydroxylation is 2. The van der Waals surface area contributed by atoms with Crippen molar-refractivity contribution in [3.05, 3.63) is 54.1 Å². The van der Waals surface area contributed by atoms with E-state index in [0.717, 1.165) is 31.6 Å². The third-order valence-electron chi connectivity index (χ3n) is 3.62. The molecular formula is C22H37N3O. The number of aromatic nitrogens is 2. The first-order valence-corrected chi connectivity index (χ1v) is 9.87. The molecule has 0 aliphatic carbocycles. The zero-order chi connectivity index (χ0) is 19.8. The van der Waals surface area contributed by atoms with Gasteiger partial charge in [0.2, 0.25) is 0 Å². The highest BCUT2D eigenvalue weighted by Crippen LogP contribution is 2.12. The second kappa shape index (κ2) is 15.2. The van der Waals surface area contributed by atoms with Gasteiger partial charge in [-0.3, -0.25) is 9.78 Å². The molecule has 4 nitrogen and oxygen atoms in total. The lowest BCUT2D eigenvalue weighted by atomic mass is 10.1. The van der Waals surface area contributed by atoms with Crippen LogP contribution in [0.5, 0.6) is 0 Å². The summed E-state index contributed by atoms with van der Waals surface area (Å²) in [6, 6.07) is 7.75. The molecule has 0 atom stereocenters. The first-order chi connectivity index (χ1) is 12.6. The molecule has 0 spiro atoms. The van der Waals surface area contributed by atoms with Crippen LogP contribution < -0.4 is 0 Å². The Morgan fingerprint density at radius 3 is 2.08 bits per heavy atom. The van der Waals surface area contributed by atoms with Crippen molar-refractivity contribution >= 4 is 5.91 Å². The zero-order valence-electron chi connectivity index (χ0n) is 17.5. The van der Waals surface area contributed by atoms with Crippen LogP contribution in [-0.2, 0) is 7.05 Å². The van der Waals surface area contributed by atoms with Gasteiger partial charge in [0.25, 0.3) is 5.91 Å². The van der Waals surface area contributed by atoms with Gasteiger partial charge in [0, 0.05) is 38.7 Å². The molecule has 2 aromatic rings. The van der Waals surface area contributed by atoms with E-state index in [1.807, 2.05) is 73.9 Å².